The van der Waals surface area contributed by atoms with Crippen molar-refractivity contribution in [2.45, 2.75) is 31.8 Å². The second-order valence-corrected chi connectivity index (χ2v) is 6.10. The van der Waals surface area contributed by atoms with Crippen LogP contribution in [-0.2, 0) is 4.74 Å². The summed E-state index contributed by atoms with van der Waals surface area (Å²) in [7, 11) is 0. The van der Waals surface area contributed by atoms with Gasteiger partial charge in [-0.1, -0.05) is 15.9 Å². The highest BCUT2D eigenvalue weighted by Crippen LogP contribution is 2.26. The first-order chi connectivity index (χ1) is 8.25. The normalized spacial score (nSPS) is 19.5. The van der Waals surface area contributed by atoms with Gasteiger partial charge in [-0.3, -0.25) is 0 Å². The van der Waals surface area contributed by atoms with Crippen LogP contribution in [0.1, 0.15) is 25.7 Å². The van der Waals surface area contributed by atoms with Gasteiger partial charge in [-0.25, -0.2) is 0 Å². The summed E-state index contributed by atoms with van der Waals surface area (Å²) in [6, 6.07) is 6.17. The lowest BCUT2D eigenvalue weighted by atomic mass is 10.1. The molecule has 1 unspecified atom stereocenters. The predicted octanol–water partition coefficient (Wildman–Crippen LogP) is 4.58. The molecule has 0 amide bonds. The van der Waals surface area contributed by atoms with Crippen molar-refractivity contribution in [2.24, 2.45) is 0 Å². The van der Waals surface area contributed by atoms with Gasteiger partial charge in [-0.2, -0.15) is 0 Å². The predicted molar refractivity (Wildman–Crippen MR) is 78.5 cm³/mol. The second-order valence-electron chi connectivity index (χ2n) is 4.33. The third-order valence-corrected chi connectivity index (χ3v) is 4.16. The first-order valence-corrected chi connectivity index (χ1v) is 7.65. The minimum Gasteiger partial charge on any atom is -0.384 e. The van der Waals surface area contributed by atoms with Gasteiger partial charge in [0.15, 0.2) is 0 Å². The van der Waals surface area contributed by atoms with E-state index in [0.717, 1.165) is 34.2 Å². The van der Waals surface area contributed by atoms with Crippen LogP contribution >= 0.6 is 31.9 Å². The summed E-state index contributed by atoms with van der Waals surface area (Å²) in [6.45, 7) is 1.95. The van der Waals surface area contributed by atoms with Crippen LogP contribution in [-0.4, -0.2) is 19.3 Å². The molecule has 2 rings (SSSR count). The van der Waals surface area contributed by atoms with Crippen molar-refractivity contribution in [3.63, 3.8) is 0 Å². The van der Waals surface area contributed by atoms with Gasteiger partial charge in [0.25, 0.3) is 0 Å². The van der Waals surface area contributed by atoms with Crippen LogP contribution in [0.3, 0.4) is 0 Å². The van der Waals surface area contributed by atoms with E-state index in [9.17, 15) is 0 Å². The van der Waals surface area contributed by atoms with E-state index < -0.39 is 0 Å². The van der Waals surface area contributed by atoms with Crippen molar-refractivity contribution in [3.8, 4) is 0 Å². The van der Waals surface area contributed by atoms with Crippen molar-refractivity contribution in [1.29, 1.82) is 0 Å². The standard InChI is InChI=1S/C13H17Br2NO/c14-10-5-6-12(15)13(9-10)16-7-1-3-11-4-2-8-17-11/h5-6,9,11,16H,1-4,7-8H2. The molecule has 0 aliphatic carbocycles. The third-order valence-electron chi connectivity index (χ3n) is 2.97. The highest BCUT2D eigenvalue weighted by Gasteiger charge is 2.14. The van der Waals surface area contributed by atoms with E-state index in [1.54, 1.807) is 0 Å². The number of hydrogen-bond acceptors (Lipinski definition) is 2. The van der Waals surface area contributed by atoms with Crippen molar-refractivity contribution >= 4 is 37.5 Å². The van der Waals surface area contributed by atoms with Crippen molar-refractivity contribution in [1.82, 2.24) is 0 Å². The molecular formula is C13H17Br2NO. The van der Waals surface area contributed by atoms with Crippen LogP contribution in [0.15, 0.2) is 27.1 Å². The van der Waals surface area contributed by atoms with Gasteiger partial charge < -0.3 is 10.1 Å². The molecule has 0 saturated carbocycles. The molecule has 4 heteroatoms. The molecule has 1 atom stereocenters. The molecule has 0 bridgehead atoms. The number of ether oxygens (including phenoxy) is 1. The smallest absolute Gasteiger partial charge is 0.0576 e. The zero-order valence-electron chi connectivity index (χ0n) is 9.72. The molecule has 0 spiro atoms. The van der Waals surface area contributed by atoms with Crippen molar-refractivity contribution in [2.75, 3.05) is 18.5 Å². The van der Waals surface area contributed by atoms with Crippen LogP contribution in [0.4, 0.5) is 5.69 Å². The Bertz CT molecular complexity index is 364. The fourth-order valence-electron chi connectivity index (χ4n) is 2.06. The third kappa shape index (κ3) is 4.27. The van der Waals surface area contributed by atoms with Crippen LogP contribution in [0.5, 0.6) is 0 Å². The molecule has 2 nitrogen and oxygen atoms in total. The Hall–Kier alpha value is -0.0600. The van der Waals surface area contributed by atoms with E-state index in [1.165, 1.54) is 19.3 Å². The van der Waals surface area contributed by atoms with Crippen molar-refractivity contribution in [3.05, 3.63) is 27.1 Å². The number of hydrogen-bond donors (Lipinski definition) is 1. The summed E-state index contributed by atoms with van der Waals surface area (Å²) in [5.41, 5.74) is 1.15. The zero-order valence-corrected chi connectivity index (χ0v) is 12.9. The Balaban J connectivity index is 1.72. The minimum absolute atomic E-state index is 0.503. The average Bonchev–Trinajstić information content (AvgIpc) is 2.82. The molecule has 1 N–H and O–H groups in total. The topological polar surface area (TPSA) is 21.3 Å². The molecule has 17 heavy (non-hydrogen) atoms. The van der Waals surface area contributed by atoms with E-state index in [0.29, 0.717) is 6.10 Å². The summed E-state index contributed by atoms with van der Waals surface area (Å²) >= 11 is 7.02. The largest absolute Gasteiger partial charge is 0.384 e. The Labute approximate surface area is 119 Å². The second kappa shape index (κ2) is 6.76. The molecular weight excluding hydrogens is 346 g/mol. The van der Waals surface area contributed by atoms with E-state index in [1.807, 2.05) is 12.1 Å². The highest BCUT2D eigenvalue weighted by molar-refractivity contribution is 9.11. The molecule has 1 aromatic carbocycles. The first-order valence-electron chi connectivity index (χ1n) is 6.06. The maximum atomic E-state index is 5.60. The van der Waals surface area contributed by atoms with Crippen LogP contribution in [0.25, 0.3) is 0 Å². The van der Waals surface area contributed by atoms with Gasteiger partial charge in [0.2, 0.25) is 0 Å². The lowest BCUT2D eigenvalue weighted by molar-refractivity contribution is 0.103. The number of anilines is 1. The summed E-state index contributed by atoms with van der Waals surface area (Å²) in [5.74, 6) is 0. The number of nitrogens with one attached hydrogen (secondary N) is 1. The molecule has 1 fully saturated rings. The van der Waals surface area contributed by atoms with Gasteiger partial charge >= 0.3 is 0 Å². The van der Waals surface area contributed by atoms with Gasteiger partial charge in [0, 0.05) is 27.8 Å². The Kier molecular flexibility index (Phi) is 5.32. The van der Waals surface area contributed by atoms with E-state index in [4.69, 9.17) is 4.74 Å². The molecule has 1 heterocycles. The molecule has 1 saturated heterocycles. The molecule has 1 aliphatic rings. The average molecular weight is 363 g/mol. The first kappa shape index (κ1) is 13.4. The Morgan fingerprint density at radius 2 is 2.24 bits per heavy atom. The Morgan fingerprint density at radius 3 is 3.00 bits per heavy atom. The van der Waals surface area contributed by atoms with Gasteiger partial charge in [-0.15, -0.1) is 0 Å². The van der Waals surface area contributed by atoms with Gasteiger partial charge in [-0.05, 0) is 59.8 Å². The monoisotopic (exact) mass is 361 g/mol. The van der Waals surface area contributed by atoms with Crippen LogP contribution < -0.4 is 5.32 Å². The van der Waals surface area contributed by atoms with Crippen molar-refractivity contribution < 1.29 is 4.74 Å². The molecule has 1 aliphatic heterocycles. The molecule has 1 aromatic rings. The lowest BCUT2D eigenvalue weighted by Gasteiger charge is -2.11. The molecule has 94 valence electrons. The fourth-order valence-corrected chi connectivity index (χ4v) is 2.81. The number of benzene rings is 1. The van der Waals surface area contributed by atoms with Gasteiger partial charge in [0.1, 0.15) is 0 Å². The highest BCUT2D eigenvalue weighted by atomic mass is 79.9. The summed E-state index contributed by atoms with van der Waals surface area (Å²) < 4.78 is 7.81. The minimum atomic E-state index is 0.503. The quantitative estimate of drug-likeness (QED) is 0.774. The summed E-state index contributed by atoms with van der Waals surface area (Å²) in [5, 5.41) is 3.45. The maximum absolute atomic E-state index is 5.60. The summed E-state index contributed by atoms with van der Waals surface area (Å²) in [4.78, 5) is 0. The zero-order chi connectivity index (χ0) is 12.1. The molecule has 0 aromatic heterocycles. The molecule has 0 radical (unpaired) electrons. The fraction of sp³-hybridized carbons (Fsp3) is 0.538. The SMILES string of the molecule is Brc1ccc(Br)c(NCCCC2CCCO2)c1. The summed E-state index contributed by atoms with van der Waals surface area (Å²) in [6.07, 6.45) is 5.29. The van der Waals surface area contributed by atoms with E-state index >= 15 is 0 Å². The van der Waals surface area contributed by atoms with Crippen LogP contribution in [0, 0.1) is 0 Å². The Morgan fingerprint density at radius 1 is 1.35 bits per heavy atom. The van der Waals surface area contributed by atoms with E-state index in [2.05, 4.69) is 43.2 Å². The number of halogens is 2. The lowest BCUT2D eigenvalue weighted by Crippen LogP contribution is -2.09. The number of rotatable bonds is 5. The van der Waals surface area contributed by atoms with Gasteiger partial charge in [0.05, 0.1) is 6.10 Å². The maximum Gasteiger partial charge on any atom is 0.0576 e. The van der Waals surface area contributed by atoms with E-state index in [-0.39, 0.29) is 0 Å². The van der Waals surface area contributed by atoms with Crippen LogP contribution in [0.2, 0.25) is 0 Å².